The molecule has 0 aliphatic heterocycles. The predicted molar refractivity (Wildman–Crippen MR) is 126 cm³/mol. The SMILES string of the molecule is [Cl][Rh+][Cl].c1ccc2[nH]c(-c3cscn3)nc2c1.c1ccc2[nH]c(-c3cscn3)nc2c1. The summed E-state index contributed by atoms with van der Waals surface area (Å²) in [5.41, 5.74) is 9.50. The number of aromatic nitrogens is 6. The number of para-hydroxylation sites is 4. The van der Waals surface area contributed by atoms with Crippen LogP contribution in [0.4, 0.5) is 0 Å². The van der Waals surface area contributed by atoms with Crippen LogP contribution in [0.2, 0.25) is 0 Å². The second-order valence-electron chi connectivity index (χ2n) is 6.00. The molecule has 0 saturated carbocycles. The van der Waals surface area contributed by atoms with Gasteiger partial charge in [0.1, 0.15) is 11.4 Å². The van der Waals surface area contributed by atoms with Crippen molar-refractivity contribution < 1.29 is 15.1 Å². The molecule has 0 spiro atoms. The average Bonchev–Trinajstić information content (AvgIpc) is 3.60. The number of benzene rings is 2. The molecule has 0 amide bonds. The summed E-state index contributed by atoms with van der Waals surface area (Å²) >= 11 is 2.92. The van der Waals surface area contributed by atoms with E-state index in [9.17, 15) is 0 Å². The smallest absolute Gasteiger partial charge is 0.158 e. The fourth-order valence-electron chi connectivity index (χ4n) is 2.81. The summed E-state index contributed by atoms with van der Waals surface area (Å²) < 4.78 is 0. The number of imidazole rings is 2. The summed E-state index contributed by atoms with van der Waals surface area (Å²) in [5, 5.41) is 3.97. The van der Waals surface area contributed by atoms with Crippen LogP contribution in [0.3, 0.4) is 0 Å². The minimum Gasteiger partial charge on any atom is -0.337 e. The van der Waals surface area contributed by atoms with E-state index in [1.54, 1.807) is 22.7 Å². The molecule has 4 aromatic heterocycles. The Morgan fingerprint density at radius 3 is 1.45 bits per heavy atom. The third-order valence-electron chi connectivity index (χ3n) is 4.13. The number of hydrogen-bond acceptors (Lipinski definition) is 6. The number of nitrogens with zero attached hydrogens (tertiary/aromatic N) is 4. The molecule has 2 aromatic carbocycles. The Morgan fingerprint density at radius 1 is 0.677 bits per heavy atom. The van der Waals surface area contributed by atoms with E-state index < -0.39 is 0 Å². The van der Waals surface area contributed by atoms with E-state index in [1.165, 1.54) is 0 Å². The molecule has 0 aliphatic carbocycles. The molecule has 0 saturated heterocycles. The van der Waals surface area contributed by atoms with Crippen LogP contribution < -0.4 is 0 Å². The number of halogens is 2. The van der Waals surface area contributed by atoms with Gasteiger partial charge in [0.15, 0.2) is 11.6 Å². The molecule has 0 aliphatic rings. The molecule has 6 rings (SSSR count). The zero-order valence-corrected chi connectivity index (χ0v) is 20.4. The van der Waals surface area contributed by atoms with Crippen LogP contribution in [0.5, 0.6) is 0 Å². The number of hydrogen-bond donors (Lipinski definition) is 2. The van der Waals surface area contributed by atoms with Crippen molar-refractivity contribution in [3.63, 3.8) is 0 Å². The third-order valence-corrected chi connectivity index (χ3v) is 5.30. The van der Waals surface area contributed by atoms with Crippen LogP contribution in [-0.4, -0.2) is 29.9 Å². The normalized spacial score (nSPS) is 10.5. The maximum Gasteiger partial charge on any atom is 0.158 e. The van der Waals surface area contributed by atoms with Crippen molar-refractivity contribution in [1.29, 1.82) is 0 Å². The largest absolute Gasteiger partial charge is 0.337 e. The van der Waals surface area contributed by atoms with Crippen molar-refractivity contribution in [1.82, 2.24) is 29.9 Å². The summed E-state index contributed by atoms with van der Waals surface area (Å²) in [5.74, 6) is 1.68. The van der Waals surface area contributed by atoms with E-state index in [1.807, 2.05) is 70.3 Å². The minimum atomic E-state index is -0.226. The summed E-state index contributed by atoms with van der Waals surface area (Å²) in [6.07, 6.45) is 0. The van der Waals surface area contributed by atoms with E-state index in [4.69, 9.17) is 19.4 Å². The monoisotopic (exact) mass is 575 g/mol. The maximum absolute atomic E-state index is 4.83. The molecule has 0 atom stereocenters. The van der Waals surface area contributed by atoms with Crippen LogP contribution in [0.1, 0.15) is 0 Å². The first kappa shape index (κ1) is 22.1. The first-order valence-corrected chi connectivity index (χ1v) is 14.9. The Balaban J connectivity index is 0.000000133. The average molecular weight is 576 g/mol. The Hall–Kier alpha value is -2.16. The molecular weight excluding hydrogens is 562 g/mol. The zero-order chi connectivity index (χ0) is 21.5. The quantitative estimate of drug-likeness (QED) is 0.224. The predicted octanol–water partition coefficient (Wildman–Crippen LogP) is 6.75. The molecule has 0 bridgehead atoms. The number of rotatable bonds is 2. The fourth-order valence-corrected chi connectivity index (χ4v) is 3.88. The summed E-state index contributed by atoms with van der Waals surface area (Å²) in [6.45, 7) is 0. The topological polar surface area (TPSA) is 83.1 Å². The van der Waals surface area contributed by atoms with Crippen molar-refractivity contribution in [3.8, 4) is 23.0 Å². The fraction of sp³-hybridized carbons (Fsp3) is 0. The Kier molecular flexibility index (Phi) is 7.78. The van der Waals surface area contributed by atoms with E-state index in [-0.39, 0.29) is 15.1 Å². The van der Waals surface area contributed by atoms with Gasteiger partial charge >= 0.3 is 34.5 Å². The van der Waals surface area contributed by atoms with Crippen LogP contribution >= 0.6 is 42.1 Å². The van der Waals surface area contributed by atoms with Gasteiger partial charge < -0.3 is 9.97 Å². The van der Waals surface area contributed by atoms with E-state index in [0.29, 0.717) is 0 Å². The van der Waals surface area contributed by atoms with Gasteiger partial charge in [-0.05, 0) is 24.3 Å². The van der Waals surface area contributed by atoms with Crippen molar-refractivity contribution in [2.45, 2.75) is 0 Å². The molecule has 6 aromatic rings. The van der Waals surface area contributed by atoms with E-state index >= 15 is 0 Å². The zero-order valence-electron chi connectivity index (χ0n) is 15.6. The van der Waals surface area contributed by atoms with Gasteiger partial charge in [-0.25, -0.2) is 19.9 Å². The minimum absolute atomic E-state index is 0.226. The van der Waals surface area contributed by atoms with Gasteiger partial charge in [0.05, 0.1) is 33.1 Å². The van der Waals surface area contributed by atoms with E-state index in [0.717, 1.165) is 45.1 Å². The van der Waals surface area contributed by atoms with Gasteiger partial charge in [0.2, 0.25) is 0 Å². The number of nitrogens with one attached hydrogen (secondary N) is 2. The van der Waals surface area contributed by atoms with Gasteiger partial charge in [-0.2, -0.15) is 0 Å². The number of fused-ring (bicyclic) bond motifs is 2. The molecule has 158 valence electrons. The molecule has 6 nitrogen and oxygen atoms in total. The molecule has 31 heavy (non-hydrogen) atoms. The second kappa shape index (κ2) is 10.9. The van der Waals surface area contributed by atoms with Gasteiger partial charge in [-0.3, -0.25) is 0 Å². The molecular formula is C20H14Cl2N6RhS2+. The molecule has 4 heterocycles. The maximum atomic E-state index is 4.83. The standard InChI is InChI=1S/2C10H7N3S.2ClH.Rh/c2*1-2-4-8-7(3-1)12-10(13-8)9-5-14-6-11-9;;;/h2*1-6H,(H,12,13);2*1H;/q;;;;+3/p-2. The van der Waals surface area contributed by atoms with Gasteiger partial charge in [-0.1, -0.05) is 24.3 Å². The molecule has 2 N–H and O–H groups in total. The van der Waals surface area contributed by atoms with Crippen LogP contribution in [0.15, 0.2) is 70.3 Å². The van der Waals surface area contributed by atoms with Crippen molar-refractivity contribution >= 4 is 64.1 Å². The van der Waals surface area contributed by atoms with Gasteiger partial charge in [-0.15, -0.1) is 22.7 Å². The van der Waals surface area contributed by atoms with Crippen LogP contribution in [0, 0.1) is 0 Å². The molecule has 0 radical (unpaired) electrons. The van der Waals surface area contributed by atoms with Crippen molar-refractivity contribution in [2.24, 2.45) is 0 Å². The Morgan fingerprint density at radius 2 is 1.10 bits per heavy atom. The van der Waals surface area contributed by atoms with E-state index in [2.05, 4.69) is 29.9 Å². The second-order valence-corrected chi connectivity index (χ2v) is 9.93. The van der Waals surface area contributed by atoms with Gasteiger partial charge in [0.25, 0.3) is 0 Å². The molecule has 11 heteroatoms. The van der Waals surface area contributed by atoms with Crippen LogP contribution in [0.25, 0.3) is 45.1 Å². The van der Waals surface area contributed by atoms with Crippen molar-refractivity contribution in [3.05, 3.63) is 70.3 Å². The summed E-state index contributed by atoms with van der Waals surface area (Å²) in [7, 11) is 9.67. The summed E-state index contributed by atoms with van der Waals surface area (Å²) in [4.78, 5) is 23.8. The first-order valence-electron chi connectivity index (χ1n) is 8.78. The van der Waals surface area contributed by atoms with Crippen molar-refractivity contribution in [2.75, 3.05) is 0 Å². The summed E-state index contributed by atoms with van der Waals surface area (Å²) in [6, 6.07) is 15.9. The molecule has 0 unspecified atom stereocenters. The first-order chi connectivity index (χ1) is 15.3. The number of thiazole rings is 2. The third kappa shape index (κ3) is 5.56. The molecule has 0 fully saturated rings. The number of aromatic amines is 2. The van der Waals surface area contributed by atoms with Crippen LogP contribution in [-0.2, 0) is 15.1 Å². The van der Waals surface area contributed by atoms with Gasteiger partial charge in [0, 0.05) is 10.8 Å². The number of H-pyrrole nitrogens is 2. The Bertz CT molecular complexity index is 1180. The Labute approximate surface area is 201 Å².